The molecule has 2 amide bonds. The fourth-order valence-electron chi connectivity index (χ4n) is 1.72. The van der Waals surface area contributed by atoms with E-state index in [1.165, 1.54) is 13.3 Å². The summed E-state index contributed by atoms with van der Waals surface area (Å²) < 4.78 is 10.3. The first kappa shape index (κ1) is 13.9. The smallest absolute Gasteiger partial charge is 0.262 e. The van der Waals surface area contributed by atoms with E-state index in [9.17, 15) is 9.59 Å². The summed E-state index contributed by atoms with van der Waals surface area (Å²) >= 11 is 0. The SMILES string of the molecule is COc1ccc(C=NN2CC(=O)NCC2=O)cc1OC. The quantitative estimate of drug-likeness (QED) is 0.785. The number of amides is 2. The second-order valence-corrected chi connectivity index (χ2v) is 4.09. The number of carbonyl (C=O) groups excluding carboxylic acids is 2. The molecule has 0 aliphatic carbocycles. The predicted octanol–water partition coefficient (Wildman–Crippen LogP) is -0.00390. The molecule has 1 aromatic rings. The van der Waals surface area contributed by atoms with Gasteiger partial charge in [-0.05, 0) is 23.8 Å². The average Bonchev–Trinajstić information content (AvgIpc) is 2.47. The van der Waals surface area contributed by atoms with Crippen LogP contribution in [0.1, 0.15) is 5.56 Å². The summed E-state index contributed by atoms with van der Waals surface area (Å²) in [6, 6.07) is 5.25. The molecule has 1 aromatic carbocycles. The van der Waals surface area contributed by atoms with E-state index in [2.05, 4.69) is 10.4 Å². The summed E-state index contributed by atoms with van der Waals surface area (Å²) in [6.45, 7) is -0.0925. The van der Waals surface area contributed by atoms with Crippen molar-refractivity contribution in [3.63, 3.8) is 0 Å². The van der Waals surface area contributed by atoms with Crippen LogP contribution in [0.5, 0.6) is 11.5 Å². The zero-order valence-corrected chi connectivity index (χ0v) is 11.3. The van der Waals surface area contributed by atoms with Crippen molar-refractivity contribution in [3.05, 3.63) is 23.8 Å². The van der Waals surface area contributed by atoms with Crippen LogP contribution >= 0.6 is 0 Å². The van der Waals surface area contributed by atoms with Gasteiger partial charge in [0, 0.05) is 0 Å². The molecule has 1 aliphatic heterocycles. The first-order valence-electron chi connectivity index (χ1n) is 5.97. The lowest BCUT2D eigenvalue weighted by atomic mass is 10.2. The zero-order valence-electron chi connectivity index (χ0n) is 11.3. The van der Waals surface area contributed by atoms with Crippen molar-refractivity contribution >= 4 is 18.0 Å². The molecule has 20 heavy (non-hydrogen) atoms. The normalized spacial score (nSPS) is 15.4. The average molecular weight is 277 g/mol. The van der Waals surface area contributed by atoms with E-state index in [1.54, 1.807) is 25.3 Å². The highest BCUT2D eigenvalue weighted by atomic mass is 16.5. The molecule has 1 heterocycles. The van der Waals surface area contributed by atoms with Gasteiger partial charge in [-0.3, -0.25) is 9.59 Å². The largest absolute Gasteiger partial charge is 0.493 e. The van der Waals surface area contributed by atoms with E-state index in [1.807, 2.05) is 0 Å². The standard InChI is InChI=1S/C13H15N3O4/c1-19-10-4-3-9(5-11(10)20-2)6-15-16-8-12(17)14-7-13(16)18/h3-6H,7-8H2,1-2H3,(H,14,17). The molecule has 1 saturated heterocycles. The fourth-order valence-corrected chi connectivity index (χ4v) is 1.72. The van der Waals surface area contributed by atoms with Gasteiger partial charge >= 0.3 is 0 Å². The number of methoxy groups -OCH3 is 2. The van der Waals surface area contributed by atoms with E-state index in [0.29, 0.717) is 11.5 Å². The van der Waals surface area contributed by atoms with Gasteiger partial charge in [0.1, 0.15) is 6.54 Å². The lowest BCUT2D eigenvalue weighted by molar-refractivity contribution is -0.140. The minimum absolute atomic E-state index is 0.0257. The third kappa shape index (κ3) is 3.05. The van der Waals surface area contributed by atoms with Gasteiger partial charge in [0.05, 0.1) is 27.0 Å². The van der Waals surface area contributed by atoms with Gasteiger partial charge in [-0.15, -0.1) is 0 Å². The van der Waals surface area contributed by atoms with Crippen LogP contribution in [0.15, 0.2) is 23.3 Å². The number of carbonyl (C=O) groups is 2. The second-order valence-electron chi connectivity index (χ2n) is 4.09. The van der Waals surface area contributed by atoms with E-state index < -0.39 is 0 Å². The Morgan fingerprint density at radius 1 is 1.25 bits per heavy atom. The maximum Gasteiger partial charge on any atom is 0.262 e. The number of nitrogens with zero attached hydrogens (tertiary/aromatic N) is 2. The molecule has 1 aliphatic rings. The van der Waals surface area contributed by atoms with Gasteiger partial charge in [0.2, 0.25) is 5.91 Å². The van der Waals surface area contributed by atoms with E-state index in [-0.39, 0.29) is 24.9 Å². The van der Waals surface area contributed by atoms with Crippen LogP contribution in [-0.2, 0) is 9.59 Å². The monoisotopic (exact) mass is 277 g/mol. The number of ether oxygens (including phenoxy) is 2. The molecule has 1 fully saturated rings. The Labute approximate surface area is 116 Å². The molecule has 7 nitrogen and oxygen atoms in total. The molecule has 1 N–H and O–H groups in total. The van der Waals surface area contributed by atoms with E-state index in [4.69, 9.17) is 9.47 Å². The summed E-state index contributed by atoms with van der Waals surface area (Å²) in [4.78, 5) is 22.7. The Kier molecular flexibility index (Phi) is 4.19. The van der Waals surface area contributed by atoms with Crippen LogP contribution in [0.25, 0.3) is 0 Å². The molecule has 0 atom stereocenters. The van der Waals surface area contributed by atoms with Crippen LogP contribution in [0.2, 0.25) is 0 Å². The lowest BCUT2D eigenvalue weighted by Crippen LogP contribution is -2.49. The molecule has 106 valence electrons. The number of hydrogen-bond donors (Lipinski definition) is 1. The van der Waals surface area contributed by atoms with Crippen molar-refractivity contribution < 1.29 is 19.1 Å². The number of hydrogen-bond acceptors (Lipinski definition) is 5. The maximum atomic E-state index is 11.5. The van der Waals surface area contributed by atoms with Gasteiger partial charge in [0.15, 0.2) is 11.5 Å². The molecule has 0 unspecified atom stereocenters. The number of hydrazone groups is 1. The summed E-state index contributed by atoms with van der Waals surface area (Å²) in [6.07, 6.45) is 1.50. The summed E-state index contributed by atoms with van der Waals surface area (Å²) in [7, 11) is 3.09. The summed E-state index contributed by atoms with van der Waals surface area (Å²) in [5.41, 5.74) is 0.737. The molecule has 0 aromatic heterocycles. The Bertz CT molecular complexity index is 557. The Hall–Kier alpha value is -2.57. The van der Waals surface area contributed by atoms with Crippen LogP contribution in [0.4, 0.5) is 0 Å². The molecular weight excluding hydrogens is 262 g/mol. The van der Waals surface area contributed by atoms with Crippen LogP contribution in [0, 0.1) is 0 Å². The third-order valence-corrected chi connectivity index (χ3v) is 2.77. The van der Waals surface area contributed by atoms with Gasteiger partial charge < -0.3 is 14.8 Å². The van der Waals surface area contributed by atoms with Gasteiger partial charge in [0.25, 0.3) is 5.91 Å². The highest BCUT2D eigenvalue weighted by molar-refractivity contribution is 5.93. The Morgan fingerprint density at radius 3 is 2.70 bits per heavy atom. The van der Waals surface area contributed by atoms with Crippen molar-refractivity contribution in [3.8, 4) is 11.5 Å². The number of piperazine rings is 1. The van der Waals surface area contributed by atoms with E-state index >= 15 is 0 Å². The van der Waals surface area contributed by atoms with Crippen molar-refractivity contribution in [1.29, 1.82) is 0 Å². The number of nitrogens with one attached hydrogen (secondary N) is 1. The zero-order chi connectivity index (χ0) is 14.5. The lowest BCUT2D eigenvalue weighted by Gasteiger charge is -2.21. The predicted molar refractivity (Wildman–Crippen MR) is 71.9 cm³/mol. The fraction of sp³-hybridized carbons (Fsp3) is 0.308. The maximum absolute atomic E-state index is 11.5. The molecule has 0 bridgehead atoms. The molecule has 7 heteroatoms. The Morgan fingerprint density at radius 2 is 2.00 bits per heavy atom. The molecule has 0 spiro atoms. The minimum Gasteiger partial charge on any atom is -0.493 e. The van der Waals surface area contributed by atoms with Crippen molar-refractivity contribution in [2.45, 2.75) is 0 Å². The van der Waals surface area contributed by atoms with E-state index in [0.717, 1.165) is 10.6 Å². The Balaban J connectivity index is 2.14. The van der Waals surface area contributed by atoms with Gasteiger partial charge in [-0.1, -0.05) is 0 Å². The van der Waals surface area contributed by atoms with Crippen molar-refractivity contribution in [2.75, 3.05) is 27.3 Å². The highest BCUT2D eigenvalue weighted by Gasteiger charge is 2.22. The van der Waals surface area contributed by atoms with Crippen molar-refractivity contribution in [2.24, 2.45) is 5.10 Å². The molecule has 0 radical (unpaired) electrons. The van der Waals surface area contributed by atoms with Gasteiger partial charge in [-0.2, -0.15) is 5.10 Å². The topological polar surface area (TPSA) is 80.2 Å². The summed E-state index contributed by atoms with van der Waals surface area (Å²) in [5, 5.41) is 7.60. The van der Waals surface area contributed by atoms with Gasteiger partial charge in [-0.25, -0.2) is 5.01 Å². The van der Waals surface area contributed by atoms with Crippen molar-refractivity contribution in [1.82, 2.24) is 10.3 Å². The highest BCUT2D eigenvalue weighted by Crippen LogP contribution is 2.26. The number of benzene rings is 1. The molecule has 0 saturated carbocycles. The van der Waals surface area contributed by atoms with Crippen LogP contribution in [0.3, 0.4) is 0 Å². The molecular formula is C13H15N3O4. The summed E-state index contributed by atoms with van der Waals surface area (Å²) in [5.74, 6) is 0.702. The van der Waals surface area contributed by atoms with Crippen LogP contribution < -0.4 is 14.8 Å². The first-order chi connectivity index (χ1) is 9.63. The molecule has 2 rings (SSSR count). The number of rotatable bonds is 4. The second kappa shape index (κ2) is 6.05. The third-order valence-electron chi connectivity index (χ3n) is 2.77. The van der Waals surface area contributed by atoms with Crippen LogP contribution in [-0.4, -0.2) is 50.3 Å². The first-order valence-corrected chi connectivity index (χ1v) is 5.97. The minimum atomic E-state index is -0.249.